The topological polar surface area (TPSA) is 63.4 Å². The van der Waals surface area contributed by atoms with Crippen LogP contribution >= 0.6 is 0 Å². The summed E-state index contributed by atoms with van der Waals surface area (Å²) in [4.78, 5) is 22.9. The molecule has 1 aromatic rings. The fourth-order valence-electron chi connectivity index (χ4n) is 0.901. The molecule has 0 saturated carbocycles. The average molecular weight is 154 g/mol. The molecule has 0 aromatic heterocycles. The largest absolute Gasteiger partial charge is 0.370 e. The minimum Gasteiger partial charge on any atom is -0.370 e. The standard InChI is InChI=1S/C7H10N2O2/c1-9(3-2-8)5-4-6(10)7(5)11/h4H,2-3,8H2,1H3. The van der Waals surface area contributed by atoms with Gasteiger partial charge in [-0.05, 0) is 0 Å². The molecule has 60 valence electrons. The third-order valence-electron chi connectivity index (χ3n) is 1.60. The maximum absolute atomic E-state index is 10.8. The minimum absolute atomic E-state index is 0.402. The molecule has 0 amide bonds. The molecule has 0 aliphatic rings. The number of hydrogen-bond acceptors (Lipinski definition) is 4. The van der Waals surface area contributed by atoms with Crippen molar-refractivity contribution in [2.45, 2.75) is 0 Å². The summed E-state index contributed by atoms with van der Waals surface area (Å²) in [6.45, 7) is 1.08. The van der Waals surface area contributed by atoms with Gasteiger partial charge in [-0.2, -0.15) is 0 Å². The molecule has 0 spiro atoms. The van der Waals surface area contributed by atoms with Crippen molar-refractivity contribution < 1.29 is 0 Å². The average Bonchev–Trinajstić information content (AvgIpc) is 1.99. The molecular weight excluding hydrogens is 144 g/mol. The Labute approximate surface area is 63.9 Å². The summed E-state index contributed by atoms with van der Waals surface area (Å²) in [5.41, 5.74) is 4.92. The molecular formula is C7H10N2O2. The molecule has 1 aromatic carbocycles. The second-order valence-electron chi connectivity index (χ2n) is 2.43. The number of rotatable bonds is 3. The second kappa shape index (κ2) is 2.84. The Bertz CT molecular complexity index is 312. The van der Waals surface area contributed by atoms with Crippen LogP contribution < -0.4 is 21.5 Å². The molecule has 11 heavy (non-hydrogen) atoms. The van der Waals surface area contributed by atoms with E-state index in [0.29, 0.717) is 18.8 Å². The first kappa shape index (κ1) is 7.94. The molecule has 0 unspecified atom stereocenters. The first-order chi connectivity index (χ1) is 5.16. The van der Waals surface area contributed by atoms with Gasteiger partial charge in [0.2, 0.25) is 10.9 Å². The number of nitrogens with two attached hydrogens (primary N) is 1. The predicted molar refractivity (Wildman–Crippen MR) is 43.7 cm³/mol. The molecule has 0 saturated heterocycles. The molecule has 4 heteroatoms. The van der Waals surface area contributed by atoms with Gasteiger partial charge in [0.05, 0.1) is 5.69 Å². The highest BCUT2D eigenvalue weighted by Crippen LogP contribution is 2.01. The highest BCUT2D eigenvalue weighted by atomic mass is 16.2. The van der Waals surface area contributed by atoms with E-state index in [1.54, 1.807) is 11.9 Å². The predicted octanol–water partition coefficient (Wildman–Crippen LogP) is -1.32. The molecule has 0 aliphatic carbocycles. The van der Waals surface area contributed by atoms with Gasteiger partial charge in [0.25, 0.3) is 0 Å². The summed E-state index contributed by atoms with van der Waals surface area (Å²) >= 11 is 0. The summed E-state index contributed by atoms with van der Waals surface area (Å²) in [5.74, 6) is 0. The number of hydrogen-bond donors (Lipinski definition) is 1. The zero-order valence-electron chi connectivity index (χ0n) is 6.33. The lowest BCUT2D eigenvalue weighted by atomic mass is 10.2. The Morgan fingerprint density at radius 3 is 2.55 bits per heavy atom. The SMILES string of the molecule is CN(CCN)c1cc(=O)c1=O. The van der Waals surface area contributed by atoms with Gasteiger partial charge in [0, 0.05) is 26.2 Å². The molecule has 1 rings (SSSR count). The lowest BCUT2D eigenvalue weighted by Crippen LogP contribution is -2.39. The first-order valence-corrected chi connectivity index (χ1v) is 3.38. The van der Waals surface area contributed by atoms with Gasteiger partial charge >= 0.3 is 0 Å². The fourth-order valence-corrected chi connectivity index (χ4v) is 0.901. The lowest BCUT2D eigenvalue weighted by Gasteiger charge is -2.17. The summed E-state index contributed by atoms with van der Waals surface area (Å²) in [5, 5.41) is 0. The van der Waals surface area contributed by atoms with E-state index in [-0.39, 0.29) is 0 Å². The van der Waals surface area contributed by atoms with Gasteiger partial charge in [-0.1, -0.05) is 0 Å². The fraction of sp³-hybridized carbons (Fsp3) is 0.429. The van der Waals surface area contributed by atoms with Gasteiger partial charge < -0.3 is 10.6 Å². The highest BCUT2D eigenvalue weighted by Gasteiger charge is 2.12. The van der Waals surface area contributed by atoms with Crippen LogP contribution in [0.15, 0.2) is 15.7 Å². The number of anilines is 1. The van der Waals surface area contributed by atoms with Crippen molar-refractivity contribution in [2.24, 2.45) is 5.73 Å². The number of likely N-dealkylation sites (N-methyl/N-ethyl adjacent to an activating group) is 1. The molecule has 0 radical (unpaired) electrons. The van der Waals surface area contributed by atoms with Crippen LogP contribution in [0.25, 0.3) is 0 Å². The Morgan fingerprint density at radius 2 is 2.18 bits per heavy atom. The third kappa shape index (κ3) is 1.30. The van der Waals surface area contributed by atoms with Crippen LogP contribution in [0.2, 0.25) is 0 Å². The lowest BCUT2D eigenvalue weighted by molar-refractivity contribution is 0.876. The van der Waals surface area contributed by atoms with Crippen LogP contribution in [0.1, 0.15) is 0 Å². The van der Waals surface area contributed by atoms with E-state index >= 15 is 0 Å². The Balaban J connectivity index is 2.73. The Morgan fingerprint density at radius 1 is 1.55 bits per heavy atom. The van der Waals surface area contributed by atoms with Gasteiger partial charge in [-0.15, -0.1) is 0 Å². The normalized spacial score (nSPS) is 10.4. The quantitative estimate of drug-likeness (QED) is 0.548. The van der Waals surface area contributed by atoms with Crippen LogP contribution in [0.3, 0.4) is 0 Å². The second-order valence-corrected chi connectivity index (χ2v) is 2.43. The van der Waals surface area contributed by atoms with Crippen molar-refractivity contribution in [1.29, 1.82) is 0 Å². The zero-order valence-corrected chi connectivity index (χ0v) is 6.33. The van der Waals surface area contributed by atoms with Crippen LogP contribution in [0.4, 0.5) is 5.69 Å². The van der Waals surface area contributed by atoms with Crippen molar-refractivity contribution in [2.75, 3.05) is 25.0 Å². The van der Waals surface area contributed by atoms with Crippen LogP contribution in [0.5, 0.6) is 0 Å². The Hall–Kier alpha value is -1.16. The van der Waals surface area contributed by atoms with E-state index in [1.165, 1.54) is 6.07 Å². The zero-order chi connectivity index (χ0) is 8.43. The summed E-state index contributed by atoms with van der Waals surface area (Å²) in [7, 11) is 1.74. The van der Waals surface area contributed by atoms with Crippen LogP contribution in [0, 0.1) is 0 Å². The molecule has 0 bridgehead atoms. The van der Waals surface area contributed by atoms with Crippen molar-refractivity contribution in [3.63, 3.8) is 0 Å². The van der Waals surface area contributed by atoms with Gasteiger partial charge in [-0.3, -0.25) is 9.59 Å². The molecule has 0 atom stereocenters. The summed E-state index contributed by atoms with van der Waals surface area (Å²) in [6, 6.07) is 1.33. The van der Waals surface area contributed by atoms with Crippen LogP contribution in [-0.2, 0) is 0 Å². The summed E-state index contributed by atoms with van der Waals surface area (Å²) < 4.78 is 0. The van der Waals surface area contributed by atoms with Gasteiger partial charge in [0.15, 0.2) is 0 Å². The van der Waals surface area contributed by atoms with Crippen molar-refractivity contribution in [1.82, 2.24) is 0 Å². The third-order valence-corrected chi connectivity index (χ3v) is 1.60. The van der Waals surface area contributed by atoms with E-state index in [9.17, 15) is 9.59 Å². The smallest absolute Gasteiger partial charge is 0.249 e. The highest BCUT2D eigenvalue weighted by molar-refractivity contribution is 5.49. The van der Waals surface area contributed by atoms with Gasteiger partial charge in [-0.25, -0.2) is 0 Å². The minimum atomic E-state index is -0.413. The number of nitrogens with zero attached hydrogens (tertiary/aromatic N) is 1. The Kier molecular flexibility index (Phi) is 2.05. The molecule has 2 N–H and O–H groups in total. The van der Waals surface area contributed by atoms with E-state index in [1.807, 2.05) is 0 Å². The first-order valence-electron chi connectivity index (χ1n) is 3.38. The molecule has 0 fully saturated rings. The van der Waals surface area contributed by atoms with Crippen molar-refractivity contribution in [3.8, 4) is 0 Å². The maximum Gasteiger partial charge on any atom is 0.249 e. The van der Waals surface area contributed by atoms with Crippen LogP contribution in [-0.4, -0.2) is 20.1 Å². The molecule has 0 aliphatic heterocycles. The van der Waals surface area contributed by atoms with Crippen molar-refractivity contribution >= 4 is 5.69 Å². The van der Waals surface area contributed by atoms with E-state index in [4.69, 9.17) is 5.73 Å². The molecule has 0 heterocycles. The van der Waals surface area contributed by atoms with Crippen molar-refractivity contribution in [3.05, 3.63) is 26.5 Å². The van der Waals surface area contributed by atoms with Gasteiger partial charge in [0.1, 0.15) is 0 Å². The van der Waals surface area contributed by atoms with E-state index in [0.717, 1.165) is 0 Å². The monoisotopic (exact) mass is 154 g/mol. The van der Waals surface area contributed by atoms with E-state index in [2.05, 4.69) is 0 Å². The molecule has 4 nitrogen and oxygen atoms in total. The summed E-state index contributed by atoms with van der Waals surface area (Å²) in [6.07, 6.45) is 0. The van der Waals surface area contributed by atoms with E-state index < -0.39 is 10.9 Å². The maximum atomic E-state index is 10.8.